The minimum atomic E-state index is -0.458. The van der Waals surface area contributed by atoms with Crippen molar-refractivity contribution in [2.24, 2.45) is 0 Å². The molecule has 0 atom stereocenters. The van der Waals surface area contributed by atoms with Crippen LogP contribution in [0.1, 0.15) is 15.9 Å². The number of methoxy groups -OCH3 is 1. The second kappa shape index (κ2) is 11.3. The number of anilines is 3. The van der Waals surface area contributed by atoms with Crippen LogP contribution in [0.25, 0.3) is 0 Å². The summed E-state index contributed by atoms with van der Waals surface area (Å²) in [6, 6.07) is 30.4. The number of hydrogen-bond acceptors (Lipinski definition) is 6. The van der Waals surface area contributed by atoms with Gasteiger partial charge in [-0.25, -0.2) is 4.90 Å². The summed E-state index contributed by atoms with van der Waals surface area (Å²) in [4.78, 5) is 42.0. The maximum absolute atomic E-state index is 13.6. The first-order valence-corrected chi connectivity index (χ1v) is 13.0. The molecule has 0 aromatic heterocycles. The number of para-hydroxylation sites is 1. The van der Waals surface area contributed by atoms with Crippen LogP contribution in [0.15, 0.2) is 119 Å². The SMILES string of the molecule is COc1ccc(N2C(=O)C(Nc3ccccc3)=C(Sc3cccc(NC(=O)c4ccc(C)cc4)c3)C2=O)cc1. The molecular formula is C31H25N3O4S. The normalized spacial score (nSPS) is 13.0. The van der Waals surface area contributed by atoms with E-state index in [4.69, 9.17) is 4.74 Å². The van der Waals surface area contributed by atoms with Crippen LogP contribution in [0.2, 0.25) is 0 Å². The van der Waals surface area contributed by atoms with Crippen LogP contribution in [0.5, 0.6) is 5.75 Å². The average Bonchev–Trinajstić information content (AvgIpc) is 3.18. The zero-order valence-corrected chi connectivity index (χ0v) is 22.1. The van der Waals surface area contributed by atoms with Crippen molar-refractivity contribution >= 4 is 46.5 Å². The summed E-state index contributed by atoms with van der Waals surface area (Å²) >= 11 is 1.16. The molecule has 0 saturated carbocycles. The molecule has 39 heavy (non-hydrogen) atoms. The molecule has 0 bridgehead atoms. The van der Waals surface area contributed by atoms with Gasteiger partial charge < -0.3 is 15.4 Å². The van der Waals surface area contributed by atoms with E-state index in [1.807, 2.05) is 55.5 Å². The zero-order valence-electron chi connectivity index (χ0n) is 21.3. The summed E-state index contributed by atoms with van der Waals surface area (Å²) < 4.78 is 5.21. The van der Waals surface area contributed by atoms with E-state index in [0.29, 0.717) is 33.3 Å². The largest absolute Gasteiger partial charge is 0.497 e. The van der Waals surface area contributed by atoms with Gasteiger partial charge in [0.2, 0.25) is 0 Å². The van der Waals surface area contributed by atoms with Gasteiger partial charge in [0, 0.05) is 21.8 Å². The van der Waals surface area contributed by atoms with Gasteiger partial charge in [0.15, 0.2) is 0 Å². The van der Waals surface area contributed by atoms with Gasteiger partial charge in [-0.05, 0) is 73.7 Å². The van der Waals surface area contributed by atoms with Crippen LogP contribution in [-0.4, -0.2) is 24.8 Å². The molecule has 2 N–H and O–H groups in total. The third kappa shape index (κ3) is 5.71. The van der Waals surface area contributed by atoms with E-state index in [0.717, 1.165) is 22.2 Å². The summed E-state index contributed by atoms with van der Waals surface area (Å²) in [6.45, 7) is 1.96. The van der Waals surface area contributed by atoms with Gasteiger partial charge in [-0.2, -0.15) is 0 Å². The number of nitrogens with one attached hydrogen (secondary N) is 2. The number of nitrogens with zero attached hydrogens (tertiary/aromatic N) is 1. The third-order valence-corrected chi connectivity index (χ3v) is 7.11. The summed E-state index contributed by atoms with van der Waals surface area (Å²) in [5.74, 6) is -0.517. The van der Waals surface area contributed by atoms with Gasteiger partial charge in [-0.1, -0.05) is 53.7 Å². The lowest BCUT2D eigenvalue weighted by Gasteiger charge is -2.15. The number of benzene rings is 4. The van der Waals surface area contributed by atoms with Crippen LogP contribution >= 0.6 is 11.8 Å². The van der Waals surface area contributed by atoms with Crippen molar-refractivity contribution in [1.82, 2.24) is 0 Å². The first-order valence-electron chi connectivity index (χ1n) is 12.2. The van der Waals surface area contributed by atoms with Crippen LogP contribution in [0, 0.1) is 6.92 Å². The number of imide groups is 1. The minimum Gasteiger partial charge on any atom is -0.497 e. The molecule has 0 spiro atoms. The predicted molar refractivity (Wildman–Crippen MR) is 154 cm³/mol. The predicted octanol–water partition coefficient (Wildman–Crippen LogP) is 6.25. The molecule has 0 fully saturated rings. The summed E-state index contributed by atoms with van der Waals surface area (Å²) in [7, 11) is 1.55. The fraction of sp³-hybridized carbons (Fsp3) is 0.0645. The smallest absolute Gasteiger partial charge is 0.283 e. The van der Waals surface area contributed by atoms with E-state index in [9.17, 15) is 14.4 Å². The maximum Gasteiger partial charge on any atom is 0.283 e. The Morgan fingerprint density at radius 3 is 2.18 bits per heavy atom. The van der Waals surface area contributed by atoms with E-state index < -0.39 is 11.8 Å². The maximum atomic E-state index is 13.6. The molecule has 1 aliphatic heterocycles. The van der Waals surface area contributed by atoms with E-state index in [1.165, 1.54) is 0 Å². The molecule has 0 radical (unpaired) electrons. The standard InChI is InChI=1S/C31H25N3O4S/c1-20-11-13-21(14-12-20)29(35)33-23-9-6-10-26(19-23)39-28-27(32-22-7-4-3-5-8-22)30(36)34(31(28)37)24-15-17-25(38-2)18-16-24/h3-19,32H,1-2H3,(H,33,35). The monoisotopic (exact) mass is 535 g/mol. The Kier molecular flexibility index (Phi) is 7.47. The summed E-state index contributed by atoms with van der Waals surface area (Å²) in [6.07, 6.45) is 0. The van der Waals surface area contributed by atoms with E-state index in [-0.39, 0.29) is 16.5 Å². The average molecular weight is 536 g/mol. The molecule has 4 aromatic rings. The molecule has 1 aliphatic rings. The van der Waals surface area contributed by atoms with Crippen LogP contribution in [-0.2, 0) is 9.59 Å². The lowest BCUT2D eigenvalue weighted by atomic mass is 10.1. The number of amides is 3. The van der Waals surface area contributed by atoms with Crippen molar-refractivity contribution in [2.75, 3.05) is 22.6 Å². The number of thioether (sulfide) groups is 1. The second-order valence-corrected chi connectivity index (χ2v) is 9.87. The molecule has 5 rings (SSSR count). The van der Waals surface area contributed by atoms with Crippen molar-refractivity contribution < 1.29 is 19.1 Å². The number of rotatable bonds is 8. The molecule has 8 heteroatoms. The molecule has 194 valence electrons. The van der Waals surface area contributed by atoms with Gasteiger partial charge in [-0.3, -0.25) is 14.4 Å². The minimum absolute atomic E-state index is 0.182. The number of ether oxygens (including phenoxy) is 1. The highest BCUT2D eigenvalue weighted by Crippen LogP contribution is 2.38. The highest BCUT2D eigenvalue weighted by atomic mass is 32.2. The molecule has 0 aliphatic carbocycles. The van der Waals surface area contributed by atoms with Gasteiger partial charge in [0.25, 0.3) is 17.7 Å². The van der Waals surface area contributed by atoms with Gasteiger partial charge >= 0.3 is 0 Å². The molecule has 1 heterocycles. The van der Waals surface area contributed by atoms with Gasteiger partial charge in [0.05, 0.1) is 12.8 Å². The van der Waals surface area contributed by atoms with E-state index in [1.54, 1.807) is 61.7 Å². The topological polar surface area (TPSA) is 87.7 Å². The van der Waals surface area contributed by atoms with Crippen molar-refractivity contribution in [3.63, 3.8) is 0 Å². The summed E-state index contributed by atoms with van der Waals surface area (Å²) in [5.41, 5.74) is 3.49. The highest BCUT2D eigenvalue weighted by Gasteiger charge is 2.40. The molecule has 3 amide bonds. The van der Waals surface area contributed by atoms with E-state index in [2.05, 4.69) is 10.6 Å². The lowest BCUT2D eigenvalue weighted by molar-refractivity contribution is -0.120. The molecule has 4 aromatic carbocycles. The Morgan fingerprint density at radius 2 is 1.49 bits per heavy atom. The third-order valence-electron chi connectivity index (χ3n) is 6.04. The highest BCUT2D eigenvalue weighted by molar-refractivity contribution is 8.04. The number of hydrogen-bond donors (Lipinski definition) is 2. The lowest BCUT2D eigenvalue weighted by Crippen LogP contribution is -2.32. The van der Waals surface area contributed by atoms with Crippen LogP contribution < -0.4 is 20.3 Å². The Hall–Kier alpha value is -4.82. The molecule has 0 unspecified atom stereocenters. The first kappa shape index (κ1) is 25.8. The van der Waals surface area contributed by atoms with Crippen LogP contribution in [0.4, 0.5) is 17.1 Å². The van der Waals surface area contributed by atoms with Gasteiger partial charge in [-0.15, -0.1) is 0 Å². The fourth-order valence-corrected chi connectivity index (χ4v) is 5.00. The molecular weight excluding hydrogens is 510 g/mol. The number of carbonyl (C=O) groups is 3. The van der Waals surface area contributed by atoms with Crippen LogP contribution in [0.3, 0.4) is 0 Å². The Labute approximate surface area is 230 Å². The number of aryl methyl sites for hydroxylation is 1. The zero-order chi connectivity index (χ0) is 27.4. The Morgan fingerprint density at radius 1 is 0.795 bits per heavy atom. The second-order valence-electron chi connectivity index (χ2n) is 8.79. The van der Waals surface area contributed by atoms with Crippen molar-refractivity contribution in [3.05, 3.63) is 125 Å². The quantitative estimate of drug-likeness (QED) is 0.260. The van der Waals surface area contributed by atoms with E-state index >= 15 is 0 Å². The van der Waals surface area contributed by atoms with Crippen molar-refractivity contribution in [3.8, 4) is 5.75 Å². The molecule has 0 saturated heterocycles. The number of carbonyl (C=O) groups excluding carboxylic acids is 3. The summed E-state index contributed by atoms with van der Waals surface area (Å²) in [5, 5.41) is 6.04. The fourth-order valence-electron chi connectivity index (χ4n) is 4.01. The Bertz CT molecular complexity index is 1570. The first-order chi connectivity index (χ1) is 18.9. The van der Waals surface area contributed by atoms with Crippen molar-refractivity contribution in [1.29, 1.82) is 0 Å². The Balaban J connectivity index is 1.44. The van der Waals surface area contributed by atoms with Crippen molar-refractivity contribution in [2.45, 2.75) is 11.8 Å². The van der Waals surface area contributed by atoms with Gasteiger partial charge in [0.1, 0.15) is 16.4 Å². The molecule has 7 nitrogen and oxygen atoms in total.